The zero-order chi connectivity index (χ0) is 21.6. The average molecular weight is 425 g/mol. The first-order valence-corrected chi connectivity index (χ1v) is 11.6. The van der Waals surface area contributed by atoms with E-state index >= 15 is 0 Å². The number of nitrogens with two attached hydrogens (primary N) is 1. The van der Waals surface area contributed by atoms with Gasteiger partial charge in [0.15, 0.2) is 0 Å². The lowest BCUT2D eigenvalue weighted by Crippen LogP contribution is -2.50. The van der Waals surface area contributed by atoms with Gasteiger partial charge < -0.3 is 10.6 Å². The molecule has 1 unspecified atom stereocenters. The number of benzene rings is 1. The number of amides is 2. The summed E-state index contributed by atoms with van der Waals surface area (Å²) in [4.78, 5) is 26.8. The Morgan fingerprint density at radius 3 is 2.24 bits per heavy atom. The first-order valence-electron chi connectivity index (χ1n) is 10.0. The molecule has 9 heteroatoms. The van der Waals surface area contributed by atoms with Gasteiger partial charge in [-0.15, -0.1) is 0 Å². The van der Waals surface area contributed by atoms with Crippen LogP contribution in [0.2, 0.25) is 0 Å². The quantitative estimate of drug-likeness (QED) is 0.565. The van der Waals surface area contributed by atoms with Gasteiger partial charge in [0.1, 0.15) is 0 Å². The fourth-order valence-electron chi connectivity index (χ4n) is 3.44. The summed E-state index contributed by atoms with van der Waals surface area (Å²) in [5.41, 5.74) is 0.919. The summed E-state index contributed by atoms with van der Waals surface area (Å²) < 4.78 is 22.5. The van der Waals surface area contributed by atoms with Crippen molar-refractivity contribution >= 4 is 21.8 Å². The molecule has 1 aromatic rings. The van der Waals surface area contributed by atoms with Crippen molar-refractivity contribution in [3.05, 3.63) is 29.8 Å². The molecule has 1 fully saturated rings. The monoisotopic (exact) mass is 424 g/mol. The molecule has 1 atom stereocenters. The fraction of sp³-hybridized carbons (Fsp3) is 0.600. The highest BCUT2D eigenvalue weighted by molar-refractivity contribution is 7.89. The first kappa shape index (κ1) is 23.3. The van der Waals surface area contributed by atoms with Crippen molar-refractivity contribution in [2.45, 2.75) is 57.0 Å². The molecular weight excluding hydrogens is 392 g/mol. The number of primary sulfonamides is 1. The molecule has 1 aliphatic heterocycles. The molecule has 2 amide bonds. The minimum absolute atomic E-state index is 0.0178. The van der Waals surface area contributed by atoms with Crippen molar-refractivity contribution in [1.29, 1.82) is 0 Å². The van der Waals surface area contributed by atoms with E-state index in [2.05, 4.69) is 15.5 Å². The van der Waals surface area contributed by atoms with E-state index in [1.54, 1.807) is 12.1 Å². The molecular formula is C20H32N4O4S. The number of hydrogen-bond donors (Lipinski definition) is 3. The normalized spacial score (nSPS) is 17.1. The minimum atomic E-state index is -3.69. The summed E-state index contributed by atoms with van der Waals surface area (Å²) in [6.45, 7) is 7.69. The van der Waals surface area contributed by atoms with E-state index in [9.17, 15) is 18.0 Å². The molecule has 29 heavy (non-hydrogen) atoms. The Morgan fingerprint density at radius 1 is 1.14 bits per heavy atom. The number of likely N-dealkylation sites (tertiary alicyclic amines) is 1. The summed E-state index contributed by atoms with van der Waals surface area (Å²) in [6.07, 6.45) is 2.11. The van der Waals surface area contributed by atoms with E-state index < -0.39 is 10.0 Å². The molecule has 0 radical (unpaired) electrons. The van der Waals surface area contributed by atoms with E-state index in [-0.39, 0.29) is 34.7 Å². The van der Waals surface area contributed by atoms with E-state index in [1.165, 1.54) is 12.1 Å². The Kier molecular flexibility index (Phi) is 8.18. The molecule has 0 spiro atoms. The third-order valence-corrected chi connectivity index (χ3v) is 6.15. The Bertz CT molecular complexity index is 800. The van der Waals surface area contributed by atoms with Crippen LogP contribution in [0.5, 0.6) is 0 Å². The lowest BCUT2D eigenvalue weighted by atomic mass is 9.94. The molecule has 2 rings (SSSR count). The van der Waals surface area contributed by atoms with Gasteiger partial charge in [-0.25, -0.2) is 13.6 Å². The molecule has 1 heterocycles. The van der Waals surface area contributed by atoms with Crippen LogP contribution in [-0.4, -0.2) is 56.9 Å². The predicted molar refractivity (Wildman–Crippen MR) is 112 cm³/mol. The second-order valence-electron chi connectivity index (χ2n) is 7.88. The number of carbonyl (C=O) groups excluding carboxylic acids is 2. The molecule has 1 saturated heterocycles. The second-order valence-corrected chi connectivity index (χ2v) is 9.44. The Balaban J connectivity index is 1.75. The van der Waals surface area contributed by atoms with Crippen LogP contribution in [-0.2, 0) is 26.0 Å². The molecule has 162 valence electrons. The molecule has 1 aromatic carbocycles. The van der Waals surface area contributed by atoms with Crippen LogP contribution in [0.3, 0.4) is 0 Å². The summed E-state index contributed by atoms with van der Waals surface area (Å²) in [5.74, 6) is 0.0747. The maximum absolute atomic E-state index is 12.5. The molecule has 4 N–H and O–H groups in total. The van der Waals surface area contributed by atoms with Gasteiger partial charge in [0.05, 0.1) is 10.9 Å². The highest BCUT2D eigenvalue weighted by Crippen LogP contribution is 2.19. The summed E-state index contributed by atoms with van der Waals surface area (Å²) >= 11 is 0. The molecule has 0 bridgehead atoms. The highest BCUT2D eigenvalue weighted by Gasteiger charge is 2.29. The van der Waals surface area contributed by atoms with Crippen LogP contribution in [0.4, 0.5) is 0 Å². The maximum atomic E-state index is 12.5. The number of hydrogen-bond acceptors (Lipinski definition) is 5. The van der Waals surface area contributed by atoms with Crippen molar-refractivity contribution in [3.8, 4) is 0 Å². The molecule has 1 aliphatic rings. The number of carbonyl (C=O) groups is 2. The number of nitrogens with one attached hydrogen (secondary N) is 2. The summed E-state index contributed by atoms with van der Waals surface area (Å²) in [5, 5.41) is 11.0. The van der Waals surface area contributed by atoms with Crippen LogP contribution in [0, 0.1) is 5.92 Å². The van der Waals surface area contributed by atoms with Crippen LogP contribution in [0.25, 0.3) is 0 Å². The topological polar surface area (TPSA) is 122 Å². The van der Waals surface area contributed by atoms with Gasteiger partial charge in [-0.1, -0.05) is 12.1 Å². The smallest absolute Gasteiger partial charge is 0.238 e. The summed E-state index contributed by atoms with van der Waals surface area (Å²) in [7, 11) is -3.69. The molecule has 0 aromatic heterocycles. The van der Waals surface area contributed by atoms with Gasteiger partial charge in [-0.05, 0) is 70.8 Å². The van der Waals surface area contributed by atoms with Crippen molar-refractivity contribution in [1.82, 2.24) is 15.5 Å². The third-order valence-electron chi connectivity index (χ3n) is 5.22. The van der Waals surface area contributed by atoms with E-state index in [0.717, 1.165) is 31.5 Å². The first-order chi connectivity index (χ1) is 13.6. The number of rotatable bonds is 8. The average Bonchev–Trinajstić information content (AvgIpc) is 2.66. The largest absolute Gasteiger partial charge is 0.354 e. The van der Waals surface area contributed by atoms with Gasteiger partial charge in [-0.2, -0.15) is 0 Å². The van der Waals surface area contributed by atoms with Crippen molar-refractivity contribution in [2.24, 2.45) is 11.1 Å². The van der Waals surface area contributed by atoms with Crippen LogP contribution >= 0.6 is 0 Å². The predicted octanol–water partition coefficient (Wildman–Crippen LogP) is 0.618. The fourth-order valence-corrected chi connectivity index (χ4v) is 3.96. The molecule has 8 nitrogen and oxygen atoms in total. The molecule has 0 saturated carbocycles. The number of piperidine rings is 1. The molecule has 0 aliphatic carbocycles. The Hall–Kier alpha value is -1.97. The lowest BCUT2D eigenvalue weighted by molar-refractivity contribution is -0.128. The zero-order valence-corrected chi connectivity index (χ0v) is 18.2. The van der Waals surface area contributed by atoms with E-state index in [0.29, 0.717) is 13.0 Å². The second kappa shape index (κ2) is 10.2. The van der Waals surface area contributed by atoms with Gasteiger partial charge in [0, 0.05) is 18.5 Å². The maximum Gasteiger partial charge on any atom is 0.238 e. The highest BCUT2D eigenvalue weighted by atomic mass is 32.2. The Morgan fingerprint density at radius 2 is 1.72 bits per heavy atom. The zero-order valence-electron chi connectivity index (χ0n) is 17.3. The van der Waals surface area contributed by atoms with Crippen LogP contribution < -0.4 is 15.8 Å². The number of nitrogens with zero attached hydrogens (tertiary/aromatic N) is 1. The summed E-state index contributed by atoms with van der Waals surface area (Å²) in [6, 6.07) is 6.21. The van der Waals surface area contributed by atoms with Gasteiger partial charge in [0.2, 0.25) is 21.8 Å². The van der Waals surface area contributed by atoms with Gasteiger partial charge >= 0.3 is 0 Å². The Labute approximate surface area is 173 Å². The SMILES string of the molecule is CC(C)NC(=O)C1CCN(C(C)C(=O)NCCc2ccc(S(N)(=O)=O)cc2)CC1. The standard InChI is InChI=1S/C20H32N4O4S/c1-14(2)23-20(26)17-9-12-24(13-10-17)15(3)19(25)22-11-8-16-4-6-18(7-5-16)29(21,27)28/h4-7,14-15,17H,8-13H2,1-3H3,(H,22,25)(H,23,26)(H2,21,27,28). The van der Waals surface area contributed by atoms with E-state index in [4.69, 9.17) is 5.14 Å². The van der Waals surface area contributed by atoms with Crippen LogP contribution in [0.15, 0.2) is 29.2 Å². The van der Waals surface area contributed by atoms with Gasteiger partial charge in [0.25, 0.3) is 0 Å². The third kappa shape index (κ3) is 7.09. The lowest BCUT2D eigenvalue weighted by Gasteiger charge is -2.35. The van der Waals surface area contributed by atoms with Crippen molar-refractivity contribution in [2.75, 3.05) is 19.6 Å². The van der Waals surface area contributed by atoms with Crippen molar-refractivity contribution < 1.29 is 18.0 Å². The van der Waals surface area contributed by atoms with Gasteiger partial charge in [-0.3, -0.25) is 14.5 Å². The van der Waals surface area contributed by atoms with Crippen molar-refractivity contribution in [3.63, 3.8) is 0 Å². The van der Waals surface area contributed by atoms with E-state index in [1.807, 2.05) is 20.8 Å². The number of sulfonamides is 1. The minimum Gasteiger partial charge on any atom is -0.354 e. The van der Waals surface area contributed by atoms with Crippen LogP contribution in [0.1, 0.15) is 39.2 Å².